The first-order valence-electron chi connectivity index (χ1n) is 7.91. The highest BCUT2D eigenvalue weighted by Gasteiger charge is 2.43. The van der Waals surface area contributed by atoms with Gasteiger partial charge in [-0.1, -0.05) is 25.1 Å². The summed E-state index contributed by atoms with van der Waals surface area (Å²) in [6, 6.07) is 6.75. The maximum absolute atomic E-state index is 11.3. The van der Waals surface area contributed by atoms with E-state index in [1.54, 1.807) is 24.3 Å². The van der Waals surface area contributed by atoms with Crippen LogP contribution in [0.25, 0.3) is 0 Å². The number of hydrogen-bond acceptors (Lipinski definition) is 6. The molecule has 1 aromatic rings. The lowest BCUT2D eigenvalue weighted by atomic mass is 9.97. The van der Waals surface area contributed by atoms with Gasteiger partial charge >= 0.3 is 6.03 Å². The van der Waals surface area contributed by atoms with Crippen LogP contribution in [0.1, 0.15) is 19.8 Å². The summed E-state index contributed by atoms with van der Waals surface area (Å²) < 4.78 is 5.76. The van der Waals surface area contributed by atoms with E-state index < -0.39 is 29.9 Å². The van der Waals surface area contributed by atoms with Gasteiger partial charge in [0.25, 0.3) is 0 Å². The molecule has 24 heavy (non-hydrogen) atoms. The molecule has 5 atom stereocenters. The highest BCUT2D eigenvalue weighted by atomic mass is 32.2. The Kier molecular flexibility index (Phi) is 6.88. The molecule has 5 N–H and O–H groups in total. The van der Waals surface area contributed by atoms with E-state index >= 15 is 0 Å². The molecule has 0 aromatic heterocycles. The number of ether oxygens (including phenoxy) is 1. The minimum atomic E-state index is -1.23. The third-order valence-electron chi connectivity index (χ3n) is 3.83. The number of urea groups is 1. The molecule has 1 fully saturated rings. The summed E-state index contributed by atoms with van der Waals surface area (Å²) in [5, 5.41) is 35.3. The van der Waals surface area contributed by atoms with Crippen molar-refractivity contribution < 1.29 is 24.9 Å². The number of carbonyl (C=O) groups is 1. The van der Waals surface area contributed by atoms with Crippen molar-refractivity contribution >= 4 is 23.5 Å². The Bertz CT molecular complexity index is 542. The Morgan fingerprint density at radius 3 is 2.42 bits per heavy atom. The van der Waals surface area contributed by atoms with E-state index in [0.29, 0.717) is 12.1 Å². The summed E-state index contributed by atoms with van der Waals surface area (Å²) in [5.74, 6) is 0. The molecule has 1 aromatic carbocycles. The molecule has 0 spiro atoms. The fourth-order valence-corrected chi connectivity index (χ4v) is 3.54. The molecule has 0 bridgehead atoms. The average molecular weight is 356 g/mol. The fraction of sp³-hybridized carbons (Fsp3) is 0.562. The first kappa shape index (κ1) is 19.0. The quantitative estimate of drug-likeness (QED) is 0.541. The normalized spacial score (nSPS) is 30.0. The van der Waals surface area contributed by atoms with Crippen LogP contribution in [0.15, 0.2) is 29.2 Å². The predicted molar refractivity (Wildman–Crippen MR) is 92.0 cm³/mol. The van der Waals surface area contributed by atoms with Gasteiger partial charge in [0, 0.05) is 17.6 Å². The zero-order valence-electron chi connectivity index (χ0n) is 13.7. The minimum Gasteiger partial charge on any atom is -0.388 e. The van der Waals surface area contributed by atoms with Crippen molar-refractivity contribution in [3.05, 3.63) is 24.3 Å². The van der Waals surface area contributed by atoms with Crippen molar-refractivity contribution in [1.82, 2.24) is 5.32 Å². The summed E-state index contributed by atoms with van der Waals surface area (Å²) >= 11 is 1.27. The van der Waals surface area contributed by atoms with Crippen molar-refractivity contribution in [2.45, 2.75) is 54.5 Å². The highest BCUT2D eigenvalue weighted by molar-refractivity contribution is 7.99. The van der Waals surface area contributed by atoms with Gasteiger partial charge in [0.1, 0.15) is 23.7 Å². The Labute approximate surface area is 145 Å². The molecule has 0 unspecified atom stereocenters. The monoisotopic (exact) mass is 356 g/mol. The van der Waals surface area contributed by atoms with Gasteiger partial charge in [0.2, 0.25) is 0 Å². The Morgan fingerprint density at radius 1 is 1.17 bits per heavy atom. The Balaban J connectivity index is 2.02. The lowest BCUT2D eigenvalue weighted by Gasteiger charge is -2.40. The maximum Gasteiger partial charge on any atom is 0.318 e. The molecule has 2 rings (SSSR count). The van der Waals surface area contributed by atoms with Crippen molar-refractivity contribution in [2.24, 2.45) is 0 Å². The molecule has 0 saturated carbocycles. The Hall–Kier alpha value is -1.32. The molecule has 1 heterocycles. The van der Waals surface area contributed by atoms with E-state index in [9.17, 15) is 20.1 Å². The van der Waals surface area contributed by atoms with Crippen LogP contribution < -0.4 is 10.6 Å². The third kappa shape index (κ3) is 4.61. The second-order valence-electron chi connectivity index (χ2n) is 5.65. The zero-order valence-corrected chi connectivity index (χ0v) is 14.5. The molecule has 7 nitrogen and oxygen atoms in total. The average Bonchev–Trinajstić information content (AvgIpc) is 2.58. The van der Waals surface area contributed by atoms with Crippen molar-refractivity contribution in [2.75, 3.05) is 12.4 Å². The molecule has 8 heteroatoms. The van der Waals surface area contributed by atoms with Crippen molar-refractivity contribution in [1.29, 1.82) is 0 Å². The van der Waals surface area contributed by atoms with Gasteiger partial charge in [-0.05, 0) is 30.7 Å². The standard InChI is InChI=1S/C16H24N2O5S/c1-3-4-11-12(19)13(20)14(21)15(23-11)24-10-7-5-9(6-8-10)18-16(22)17-2/h5-8,11-15,19-21H,3-4H2,1-2H3,(H2,17,18,22)/t11-,12-,13+,14+,15+/m1/s1. The van der Waals surface area contributed by atoms with Crippen LogP contribution in [0.3, 0.4) is 0 Å². The number of aliphatic hydroxyl groups excluding tert-OH is 3. The first-order valence-corrected chi connectivity index (χ1v) is 8.79. The van der Waals surface area contributed by atoms with Crippen LogP contribution in [-0.2, 0) is 4.74 Å². The van der Waals surface area contributed by atoms with E-state index in [2.05, 4.69) is 10.6 Å². The second kappa shape index (κ2) is 8.68. The number of nitrogens with one attached hydrogen (secondary N) is 2. The largest absolute Gasteiger partial charge is 0.388 e. The van der Waals surface area contributed by atoms with Gasteiger partial charge in [-0.25, -0.2) is 4.79 Å². The lowest BCUT2D eigenvalue weighted by Crippen LogP contribution is -2.56. The SMILES string of the molecule is CCC[C@H]1O[C@@H](Sc2ccc(NC(=O)NC)cc2)[C@@H](O)[C@@H](O)[C@@H]1O. The molecule has 0 radical (unpaired) electrons. The molecule has 0 aliphatic carbocycles. The van der Waals surface area contributed by atoms with Gasteiger partial charge in [-0.15, -0.1) is 0 Å². The smallest absolute Gasteiger partial charge is 0.318 e. The summed E-state index contributed by atoms with van der Waals surface area (Å²) in [6.07, 6.45) is -2.58. The molecule has 2 amide bonds. The number of aliphatic hydroxyl groups is 3. The molecule has 1 aliphatic heterocycles. The van der Waals surface area contributed by atoms with Gasteiger partial charge in [0.15, 0.2) is 0 Å². The number of hydrogen-bond donors (Lipinski definition) is 5. The van der Waals surface area contributed by atoms with Crippen molar-refractivity contribution in [3.63, 3.8) is 0 Å². The van der Waals surface area contributed by atoms with Crippen LogP contribution in [0, 0.1) is 0 Å². The topological polar surface area (TPSA) is 111 Å². The maximum atomic E-state index is 11.3. The van der Waals surface area contributed by atoms with E-state index in [1.165, 1.54) is 18.8 Å². The summed E-state index contributed by atoms with van der Waals surface area (Å²) in [6.45, 7) is 1.97. The molecular weight excluding hydrogens is 332 g/mol. The number of thioether (sulfide) groups is 1. The second-order valence-corrected chi connectivity index (χ2v) is 6.82. The number of carbonyl (C=O) groups excluding carboxylic acids is 1. The van der Waals surface area contributed by atoms with Gasteiger partial charge < -0.3 is 30.7 Å². The van der Waals surface area contributed by atoms with Gasteiger partial charge in [-0.3, -0.25) is 0 Å². The first-order chi connectivity index (χ1) is 11.5. The highest BCUT2D eigenvalue weighted by Crippen LogP contribution is 2.34. The predicted octanol–water partition coefficient (Wildman–Crippen LogP) is 1.14. The van der Waals surface area contributed by atoms with Crippen LogP contribution in [-0.4, -0.2) is 58.3 Å². The van der Waals surface area contributed by atoms with Crippen LogP contribution in [0.4, 0.5) is 10.5 Å². The molecule has 1 aliphatic rings. The van der Waals surface area contributed by atoms with Crippen molar-refractivity contribution in [3.8, 4) is 0 Å². The minimum absolute atomic E-state index is 0.305. The number of amides is 2. The van der Waals surface area contributed by atoms with Crippen LogP contribution in [0.2, 0.25) is 0 Å². The summed E-state index contributed by atoms with van der Waals surface area (Å²) in [7, 11) is 1.54. The molecular formula is C16H24N2O5S. The third-order valence-corrected chi connectivity index (χ3v) is 5.00. The zero-order chi connectivity index (χ0) is 17.7. The van der Waals surface area contributed by atoms with E-state index in [1.807, 2.05) is 6.92 Å². The van der Waals surface area contributed by atoms with Gasteiger partial charge in [-0.2, -0.15) is 0 Å². The summed E-state index contributed by atoms with van der Waals surface area (Å²) in [4.78, 5) is 12.1. The van der Waals surface area contributed by atoms with E-state index in [0.717, 1.165) is 11.3 Å². The molecule has 1 saturated heterocycles. The van der Waals surface area contributed by atoms with Gasteiger partial charge in [0.05, 0.1) is 6.10 Å². The molecule has 134 valence electrons. The lowest BCUT2D eigenvalue weighted by molar-refractivity contribution is -0.199. The summed E-state index contributed by atoms with van der Waals surface area (Å²) in [5.41, 5.74) is -0.0270. The van der Waals surface area contributed by atoms with Crippen LogP contribution in [0.5, 0.6) is 0 Å². The van der Waals surface area contributed by atoms with E-state index in [4.69, 9.17) is 4.74 Å². The van der Waals surface area contributed by atoms with Crippen LogP contribution >= 0.6 is 11.8 Å². The Morgan fingerprint density at radius 2 is 1.83 bits per heavy atom. The number of anilines is 1. The fourth-order valence-electron chi connectivity index (χ4n) is 2.48. The number of rotatable bonds is 5. The van der Waals surface area contributed by atoms with E-state index in [-0.39, 0.29) is 6.03 Å². The number of benzene rings is 1.